The smallest absolute Gasteiger partial charge is 0.336 e. The van der Waals surface area contributed by atoms with E-state index < -0.39 is 17.1 Å². The topological polar surface area (TPSA) is 86.2 Å². The highest BCUT2D eigenvalue weighted by Crippen LogP contribution is 2.33. The van der Waals surface area contributed by atoms with E-state index in [1.807, 2.05) is 0 Å². The molecule has 1 aromatic rings. The van der Waals surface area contributed by atoms with Crippen molar-refractivity contribution in [1.29, 1.82) is 0 Å². The Morgan fingerprint density at radius 2 is 0.969 bits per heavy atom. The van der Waals surface area contributed by atoms with E-state index in [2.05, 4.69) is 69.2 Å². The summed E-state index contributed by atoms with van der Waals surface area (Å²) in [5.41, 5.74) is -2.00. The molecule has 0 aromatic carbocycles. The molecule has 0 fully saturated rings. The number of nitrogens with zero attached hydrogens (tertiary/aromatic N) is 3. The lowest BCUT2D eigenvalue weighted by Crippen LogP contribution is -2.56. The summed E-state index contributed by atoms with van der Waals surface area (Å²) >= 11 is 0. The maximum atomic E-state index is 13.5. The van der Waals surface area contributed by atoms with Gasteiger partial charge in [0.2, 0.25) is 0 Å². The van der Waals surface area contributed by atoms with E-state index in [1.54, 1.807) is 0 Å². The summed E-state index contributed by atoms with van der Waals surface area (Å²) in [5, 5.41) is 9.48. The Kier molecular flexibility index (Phi) is 9.76. The third-order valence-corrected chi connectivity index (χ3v) is 6.48. The predicted octanol–water partition coefficient (Wildman–Crippen LogP) is 3.58. The average molecular weight is 454 g/mol. The van der Waals surface area contributed by atoms with Gasteiger partial charge in [-0.2, -0.15) is 0 Å². The van der Waals surface area contributed by atoms with Crippen LogP contribution in [0.3, 0.4) is 0 Å². The molecule has 0 radical (unpaired) electrons. The molecule has 1 aromatic heterocycles. The van der Waals surface area contributed by atoms with Gasteiger partial charge >= 0.3 is 17.1 Å². The summed E-state index contributed by atoms with van der Waals surface area (Å²) in [6.07, 6.45) is 1.74. The molecule has 2 unspecified atom stereocenters. The van der Waals surface area contributed by atoms with Crippen molar-refractivity contribution < 1.29 is 5.11 Å². The monoisotopic (exact) mass is 453 g/mol. The summed E-state index contributed by atoms with van der Waals surface area (Å²) in [4.78, 5) is 39.8. The molecule has 0 saturated carbocycles. The first-order valence-electron chi connectivity index (χ1n) is 12.1. The van der Waals surface area contributed by atoms with Crippen molar-refractivity contribution in [3.63, 3.8) is 0 Å². The van der Waals surface area contributed by atoms with Crippen LogP contribution in [0.15, 0.2) is 14.4 Å². The summed E-state index contributed by atoms with van der Waals surface area (Å²) in [6, 6.07) is 0. The number of hydrogen-bond acceptors (Lipinski definition) is 4. The van der Waals surface area contributed by atoms with Crippen LogP contribution < -0.4 is 17.1 Å². The molecule has 7 nitrogen and oxygen atoms in total. The van der Waals surface area contributed by atoms with Crippen LogP contribution in [-0.2, 0) is 19.6 Å². The quantitative estimate of drug-likeness (QED) is 0.587. The molecule has 7 heteroatoms. The summed E-state index contributed by atoms with van der Waals surface area (Å²) in [5.74, 6) is 1.01. The van der Waals surface area contributed by atoms with E-state index >= 15 is 0 Å². The normalized spacial score (nSPS) is 14.9. The molecule has 186 valence electrons. The van der Waals surface area contributed by atoms with Crippen molar-refractivity contribution in [3.05, 3.63) is 31.5 Å². The minimum Gasteiger partial charge on any atom is -0.395 e. The lowest BCUT2D eigenvalue weighted by molar-refractivity contribution is 0.158. The lowest BCUT2D eigenvalue weighted by Gasteiger charge is -2.34. The molecule has 0 spiro atoms. The van der Waals surface area contributed by atoms with Crippen molar-refractivity contribution in [2.75, 3.05) is 6.61 Å². The van der Waals surface area contributed by atoms with Crippen LogP contribution in [0.4, 0.5) is 0 Å². The highest BCUT2D eigenvalue weighted by atomic mass is 16.3. The number of aliphatic hydroxyl groups is 1. The molecule has 0 aliphatic carbocycles. The number of rotatable bonds is 10. The molecule has 0 amide bonds. The van der Waals surface area contributed by atoms with E-state index in [4.69, 9.17) is 0 Å². The van der Waals surface area contributed by atoms with Crippen molar-refractivity contribution in [3.8, 4) is 0 Å². The Hall–Kier alpha value is -1.63. The van der Waals surface area contributed by atoms with Crippen LogP contribution in [0.2, 0.25) is 0 Å². The zero-order chi connectivity index (χ0) is 25.0. The van der Waals surface area contributed by atoms with E-state index in [-0.39, 0.29) is 48.9 Å². The van der Waals surface area contributed by atoms with Gasteiger partial charge in [-0.25, -0.2) is 28.1 Å². The molecular formula is C25H47N3O4. The van der Waals surface area contributed by atoms with Crippen LogP contribution >= 0.6 is 0 Å². The largest absolute Gasteiger partial charge is 0.395 e. The first-order valence-corrected chi connectivity index (χ1v) is 12.1. The van der Waals surface area contributed by atoms with Gasteiger partial charge in [0.05, 0.1) is 13.2 Å². The van der Waals surface area contributed by atoms with Gasteiger partial charge in [0.15, 0.2) is 0 Å². The SMILES string of the molecule is CC(C)CC(Cn1c(=O)n(CCO)c(=O)n(CC(CC(C)C)C(C)(C)C)c1=O)C(C)(C)C. The van der Waals surface area contributed by atoms with Gasteiger partial charge in [-0.1, -0.05) is 69.2 Å². The molecule has 2 atom stereocenters. The van der Waals surface area contributed by atoms with E-state index in [0.29, 0.717) is 11.8 Å². The van der Waals surface area contributed by atoms with Gasteiger partial charge in [-0.15, -0.1) is 0 Å². The lowest BCUT2D eigenvalue weighted by atomic mass is 9.76. The maximum Gasteiger partial charge on any atom is 0.336 e. The number of aliphatic hydroxyl groups excluding tert-OH is 1. The van der Waals surface area contributed by atoms with Crippen LogP contribution in [-0.4, -0.2) is 25.4 Å². The van der Waals surface area contributed by atoms with E-state index in [0.717, 1.165) is 17.4 Å². The Morgan fingerprint density at radius 3 is 1.22 bits per heavy atom. The van der Waals surface area contributed by atoms with Crippen LogP contribution in [0.25, 0.3) is 0 Å². The zero-order valence-electron chi connectivity index (χ0n) is 22.1. The minimum absolute atomic E-state index is 0.0931. The zero-order valence-corrected chi connectivity index (χ0v) is 22.1. The summed E-state index contributed by atoms with van der Waals surface area (Å²) in [6.45, 7) is 21.3. The van der Waals surface area contributed by atoms with Crippen molar-refractivity contribution in [1.82, 2.24) is 13.7 Å². The minimum atomic E-state index is -0.625. The summed E-state index contributed by atoms with van der Waals surface area (Å²) in [7, 11) is 0. The maximum absolute atomic E-state index is 13.5. The predicted molar refractivity (Wildman–Crippen MR) is 131 cm³/mol. The highest BCUT2D eigenvalue weighted by molar-refractivity contribution is 4.85. The van der Waals surface area contributed by atoms with Gasteiger partial charge in [0, 0.05) is 13.1 Å². The highest BCUT2D eigenvalue weighted by Gasteiger charge is 2.30. The molecule has 1 N–H and O–H groups in total. The fourth-order valence-electron chi connectivity index (χ4n) is 4.27. The second-order valence-electron chi connectivity index (χ2n) is 12.3. The van der Waals surface area contributed by atoms with Gasteiger partial charge in [0.1, 0.15) is 0 Å². The van der Waals surface area contributed by atoms with Crippen LogP contribution in [0.1, 0.15) is 82.1 Å². The number of aromatic nitrogens is 3. The van der Waals surface area contributed by atoms with Crippen molar-refractivity contribution in [2.24, 2.45) is 34.5 Å². The third-order valence-electron chi connectivity index (χ3n) is 6.48. The average Bonchev–Trinajstić information content (AvgIpc) is 2.61. The fraction of sp³-hybridized carbons (Fsp3) is 0.880. The van der Waals surface area contributed by atoms with Crippen molar-refractivity contribution in [2.45, 2.75) is 102 Å². The van der Waals surface area contributed by atoms with Gasteiger partial charge in [0.25, 0.3) is 0 Å². The second kappa shape index (κ2) is 11.0. The first kappa shape index (κ1) is 28.4. The Labute approximate surface area is 193 Å². The molecule has 0 bridgehead atoms. The van der Waals surface area contributed by atoms with Gasteiger partial charge in [-0.3, -0.25) is 0 Å². The molecule has 1 heterocycles. The molecular weight excluding hydrogens is 406 g/mol. The molecule has 32 heavy (non-hydrogen) atoms. The van der Waals surface area contributed by atoms with E-state index in [9.17, 15) is 19.5 Å². The van der Waals surface area contributed by atoms with Crippen molar-refractivity contribution >= 4 is 0 Å². The number of hydrogen-bond donors (Lipinski definition) is 1. The second-order valence-corrected chi connectivity index (χ2v) is 12.3. The third kappa shape index (κ3) is 7.46. The Balaban J connectivity index is 3.70. The standard InChI is InChI=1S/C25H47N3O4/c1-17(2)13-19(24(5,6)7)15-27-21(30)26(11-12-29)22(31)28(23(27)32)16-20(14-18(3)4)25(8,9)10/h17-20,29H,11-16H2,1-10H3. The Bertz CT molecular complexity index is 839. The fourth-order valence-corrected chi connectivity index (χ4v) is 4.27. The van der Waals surface area contributed by atoms with Gasteiger partial charge < -0.3 is 5.11 Å². The Morgan fingerprint density at radius 1 is 0.656 bits per heavy atom. The molecule has 0 aliphatic heterocycles. The van der Waals surface area contributed by atoms with Crippen LogP contribution in [0.5, 0.6) is 0 Å². The first-order chi connectivity index (χ1) is 14.5. The van der Waals surface area contributed by atoms with Gasteiger partial charge in [-0.05, 0) is 47.3 Å². The van der Waals surface area contributed by atoms with E-state index in [1.165, 1.54) is 9.13 Å². The van der Waals surface area contributed by atoms with Crippen LogP contribution in [0, 0.1) is 34.5 Å². The molecule has 1 rings (SSSR count). The molecule has 0 saturated heterocycles. The summed E-state index contributed by atoms with van der Waals surface area (Å²) < 4.78 is 3.47. The molecule has 0 aliphatic rings.